The number of nitrogens with zero attached hydrogens (tertiary/aromatic N) is 5. The molecule has 0 bridgehead atoms. The number of amides is 1. The number of hydrogen-bond donors (Lipinski definition) is 5. The Morgan fingerprint density at radius 3 is 2.45 bits per heavy atom. The number of aliphatic hydroxyl groups excluding tert-OH is 1. The average Bonchev–Trinajstić information content (AvgIpc) is 3.56. The summed E-state index contributed by atoms with van der Waals surface area (Å²) < 4.78 is 15.7. The predicted octanol–water partition coefficient (Wildman–Crippen LogP) is 4.54. The number of carbonyl (C=O) groups is 1. The number of nitrogens with one attached hydrogen (secondary N) is 3. The molecule has 2 aliphatic heterocycles. The first-order chi connectivity index (χ1) is 22.8. The van der Waals surface area contributed by atoms with Crippen molar-refractivity contribution in [2.24, 2.45) is 5.73 Å². The molecule has 1 amide bonds. The fourth-order valence-corrected chi connectivity index (χ4v) is 7.32. The Bertz CT molecular complexity index is 1720. The van der Waals surface area contributed by atoms with Crippen molar-refractivity contribution in [2.75, 3.05) is 61.8 Å². The van der Waals surface area contributed by atoms with Crippen LogP contribution in [0.2, 0.25) is 0 Å². The van der Waals surface area contributed by atoms with Crippen LogP contribution >= 0.6 is 0 Å². The SMILES string of the molecule is CN1CCN(C2CCN(c3ccc(Nc4nc(N[C@H]5CC[C@H](O)CC5)c(-c5cccc6[nH]ccc56)nc4C(N)=O)cc3F)CC2)CC1. The zero-order valence-electron chi connectivity index (χ0n) is 26.9. The van der Waals surface area contributed by atoms with E-state index in [1.54, 1.807) is 6.07 Å². The number of rotatable bonds is 8. The van der Waals surface area contributed by atoms with E-state index in [0.29, 0.717) is 41.8 Å². The van der Waals surface area contributed by atoms with E-state index >= 15 is 4.39 Å². The van der Waals surface area contributed by atoms with Gasteiger partial charge in [0.1, 0.15) is 11.5 Å². The molecule has 2 saturated heterocycles. The van der Waals surface area contributed by atoms with Gasteiger partial charge >= 0.3 is 0 Å². The number of anilines is 4. The molecule has 11 nitrogen and oxygen atoms in total. The Morgan fingerprint density at radius 1 is 0.957 bits per heavy atom. The van der Waals surface area contributed by atoms with Crippen molar-refractivity contribution >= 4 is 39.8 Å². The van der Waals surface area contributed by atoms with Gasteiger partial charge < -0.3 is 36.3 Å². The predicted molar refractivity (Wildman–Crippen MR) is 184 cm³/mol. The number of hydrogen-bond acceptors (Lipinski definition) is 9. The van der Waals surface area contributed by atoms with E-state index in [1.165, 1.54) is 6.07 Å². The summed E-state index contributed by atoms with van der Waals surface area (Å²) in [5.74, 6) is -0.430. The maximum Gasteiger partial charge on any atom is 0.271 e. The molecule has 6 N–H and O–H groups in total. The van der Waals surface area contributed by atoms with Gasteiger partial charge in [-0.1, -0.05) is 12.1 Å². The van der Waals surface area contributed by atoms with Gasteiger partial charge in [-0.2, -0.15) is 0 Å². The van der Waals surface area contributed by atoms with Crippen LogP contribution in [0.5, 0.6) is 0 Å². The van der Waals surface area contributed by atoms with E-state index in [0.717, 1.165) is 81.4 Å². The Labute approximate surface area is 274 Å². The number of benzene rings is 2. The van der Waals surface area contributed by atoms with Crippen molar-refractivity contribution in [1.82, 2.24) is 24.8 Å². The van der Waals surface area contributed by atoms with Gasteiger partial charge in [0.2, 0.25) is 0 Å². The number of nitrogens with two attached hydrogens (primary N) is 1. The van der Waals surface area contributed by atoms with Crippen LogP contribution in [0.4, 0.5) is 27.4 Å². The van der Waals surface area contributed by atoms with E-state index in [9.17, 15) is 9.90 Å². The Balaban J connectivity index is 1.14. The minimum absolute atomic E-state index is 0.0346. The summed E-state index contributed by atoms with van der Waals surface area (Å²) in [6.45, 7) is 5.99. The topological polar surface area (TPSA) is 139 Å². The minimum Gasteiger partial charge on any atom is -0.393 e. The number of H-pyrrole nitrogens is 1. The number of primary amides is 1. The van der Waals surface area contributed by atoms with Crippen molar-refractivity contribution < 1.29 is 14.3 Å². The van der Waals surface area contributed by atoms with E-state index in [-0.39, 0.29) is 29.5 Å². The number of likely N-dealkylation sites (N-methyl/N-ethyl adjacent to an activating group) is 1. The number of halogens is 1. The fraction of sp³-hybridized carbons (Fsp3) is 0.457. The van der Waals surface area contributed by atoms with Crippen molar-refractivity contribution in [2.45, 2.75) is 56.7 Å². The van der Waals surface area contributed by atoms with Gasteiger partial charge in [0.15, 0.2) is 17.3 Å². The molecule has 47 heavy (non-hydrogen) atoms. The van der Waals surface area contributed by atoms with E-state index < -0.39 is 5.91 Å². The molecule has 1 aliphatic carbocycles. The lowest BCUT2D eigenvalue weighted by Gasteiger charge is -2.42. The maximum atomic E-state index is 15.7. The van der Waals surface area contributed by atoms with Gasteiger partial charge in [-0.25, -0.2) is 14.4 Å². The third-order valence-electron chi connectivity index (χ3n) is 10.1. The summed E-state index contributed by atoms with van der Waals surface area (Å²) in [6, 6.07) is 13.5. The summed E-state index contributed by atoms with van der Waals surface area (Å²) in [4.78, 5) is 32.7. The molecule has 0 atom stereocenters. The highest BCUT2D eigenvalue weighted by atomic mass is 19.1. The van der Waals surface area contributed by atoms with Crippen LogP contribution in [0.1, 0.15) is 49.0 Å². The molecule has 4 aromatic rings. The zero-order chi connectivity index (χ0) is 32.5. The molecule has 3 aliphatic rings. The van der Waals surface area contributed by atoms with Crippen LogP contribution in [0.3, 0.4) is 0 Å². The zero-order valence-corrected chi connectivity index (χ0v) is 26.9. The smallest absolute Gasteiger partial charge is 0.271 e. The number of fused-ring (bicyclic) bond motifs is 1. The van der Waals surface area contributed by atoms with Crippen molar-refractivity contribution in [3.05, 3.63) is 60.2 Å². The summed E-state index contributed by atoms with van der Waals surface area (Å²) in [7, 11) is 2.17. The molecule has 2 aromatic heterocycles. The second kappa shape index (κ2) is 13.5. The first kappa shape index (κ1) is 31.3. The average molecular weight is 642 g/mol. The number of aromatic nitrogens is 3. The van der Waals surface area contributed by atoms with Gasteiger partial charge in [-0.05, 0) is 75.9 Å². The van der Waals surface area contributed by atoms with Gasteiger partial charge in [0.05, 0.1) is 11.8 Å². The number of aliphatic hydroxyl groups is 1. The molecule has 3 fully saturated rings. The molecule has 248 valence electrons. The van der Waals surface area contributed by atoms with Crippen LogP contribution in [0, 0.1) is 5.82 Å². The van der Waals surface area contributed by atoms with Crippen molar-refractivity contribution in [1.29, 1.82) is 0 Å². The van der Waals surface area contributed by atoms with Crippen LogP contribution in [-0.4, -0.2) is 100 Å². The Kier molecular flexibility index (Phi) is 8.98. The molecule has 0 radical (unpaired) electrons. The van der Waals surface area contributed by atoms with Crippen molar-refractivity contribution in [3.8, 4) is 11.3 Å². The third kappa shape index (κ3) is 6.76. The lowest BCUT2D eigenvalue weighted by molar-refractivity contribution is 0.0981. The third-order valence-corrected chi connectivity index (χ3v) is 10.1. The quantitative estimate of drug-likeness (QED) is 0.188. The number of aromatic amines is 1. The highest BCUT2D eigenvalue weighted by Gasteiger charge is 2.28. The first-order valence-electron chi connectivity index (χ1n) is 16.8. The second-order valence-corrected chi connectivity index (χ2v) is 13.2. The molecule has 0 unspecified atom stereocenters. The molecule has 7 rings (SSSR count). The highest BCUT2D eigenvalue weighted by Crippen LogP contribution is 2.36. The van der Waals surface area contributed by atoms with Gasteiger partial charge in [-0.15, -0.1) is 0 Å². The lowest BCUT2D eigenvalue weighted by Crippen LogP contribution is -2.52. The normalized spacial score (nSPS) is 21.6. The lowest BCUT2D eigenvalue weighted by atomic mass is 9.93. The largest absolute Gasteiger partial charge is 0.393 e. The molecular formula is C35H44FN9O2. The van der Waals surface area contributed by atoms with E-state index in [1.807, 2.05) is 36.5 Å². The molecular weight excluding hydrogens is 597 g/mol. The molecule has 4 heterocycles. The van der Waals surface area contributed by atoms with E-state index in [4.69, 9.17) is 15.7 Å². The molecule has 2 aromatic carbocycles. The van der Waals surface area contributed by atoms with E-state index in [2.05, 4.69) is 37.4 Å². The van der Waals surface area contributed by atoms with Gasteiger partial charge in [-0.3, -0.25) is 9.69 Å². The second-order valence-electron chi connectivity index (χ2n) is 13.2. The summed E-state index contributed by atoms with van der Waals surface area (Å²) in [5, 5.41) is 17.7. The first-order valence-corrected chi connectivity index (χ1v) is 16.8. The Hall–Kier alpha value is -4.26. The summed E-state index contributed by atoms with van der Waals surface area (Å²) >= 11 is 0. The maximum absolute atomic E-state index is 15.7. The highest BCUT2D eigenvalue weighted by molar-refractivity contribution is 6.00. The minimum atomic E-state index is -0.741. The number of piperazine rings is 1. The number of carbonyl (C=O) groups excluding carboxylic acids is 1. The van der Waals surface area contributed by atoms with Crippen LogP contribution in [0.25, 0.3) is 22.2 Å². The molecule has 12 heteroatoms. The van der Waals surface area contributed by atoms with Crippen LogP contribution in [-0.2, 0) is 0 Å². The Morgan fingerprint density at radius 2 is 1.72 bits per heavy atom. The fourth-order valence-electron chi connectivity index (χ4n) is 7.32. The summed E-state index contributed by atoms with van der Waals surface area (Å²) in [6.07, 6.45) is 6.51. The molecule has 1 saturated carbocycles. The van der Waals surface area contributed by atoms with Crippen LogP contribution < -0.4 is 21.3 Å². The number of piperidine rings is 1. The van der Waals surface area contributed by atoms with Gasteiger partial charge in [0, 0.05) is 79.7 Å². The van der Waals surface area contributed by atoms with Crippen LogP contribution in [0.15, 0.2) is 48.7 Å². The van der Waals surface area contributed by atoms with Gasteiger partial charge in [0.25, 0.3) is 5.91 Å². The van der Waals surface area contributed by atoms with Crippen molar-refractivity contribution in [3.63, 3.8) is 0 Å². The summed E-state index contributed by atoms with van der Waals surface area (Å²) in [5.41, 5.74) is 9.08. The standard InChI is InChI=1S/C35H44FN9O2/c1-43-17-19-44(20-18-43)24-12-15-45(16-13-24)30-10-7-23(21-28(30)36)40-35-32(33(37)47)41-31(27-3-2-4-29-26(27)11-14-38-29)34(42-35)39-22-5-8-25(46)9-6-22/h2-4,7,10-11,14,21-22,24-25,38,46H,5-6,8-9,12-13,15-20H2,1H3,(H2,37,47)(H2,39,40,42)/t22-,25-. The monoisotopic (exact) mass is 641 g/mol. The molecule has 0 spiro atoms.